The number of amides is 2. The van der Waals surface area contributed by atoms with Crippen LogP contribution < -0.4 is 10.6 Å². The molecule has 2 aromatic rings. The van der Waals surface area contributed by atoms with Gasteiger partial charge in [0, 0.05) is 16.4 Å². The summed E-state index contributed by atoms with van der Waals surface area (Å²) in [5.41, 5.74) is 2.37. The minimum absolute atomic E-state index is 0.261. The Hall–Kier alpha value is -2.33. The zero-order chi connectivity index (χ0) is 17.3. The highest BCUT2D eigenvalue weighted by molar-refractivity contribution is 6.31. The van der Waals surface area contributed by atoms with E-state index in [-0.39, 0.29) is 11.8 Å². The third-order valence-corrected chi connectivity index (χ3v) is 4.61. The molecular weight excluding hydrogens is 324 g/mol. The van der Waals surface area contributed by atoms with E-state index >= 15 is 0 Å². The average Bonchev–Trinajstić information content (AvgIpc) is 3.35. The second-order valence-electron chi connectivity index (χ2n) is 6.32. The molecule has 3 rings (SSSR count). The lowest BCUT2D eigenvalue weighted by Gasteiger charge is -2.16. The molecule has 0 spiro atoms. The van der Waals surface area contributed by atoms with Gasteiger partial charge >= 0.3 is 0 Å². The van der Waals surface area contributed by atoms with E-state index in [0.29, 0.717) is 29.2 Å². The minimum atomic E-state index is -0.986. The van der Waals surface area contributed by atoms with Crippen molar-refractivity contribution in [2.24, 2.45) is 5.41 Å². The zero-order valence-corrected chi connectivity index (χ0v) is 14.4. The predicted octanol–water partition coefficient (Wildman–Crippen LogP) is 4.31. The van der Waals surface area contributed by atoms with Crippen molar-refractivity contribution in [1.82, 2.24) is 0 Å². The summed E-state index contributed by atoms with van der Waals surface area (Å²) in [7, 11) is 0. The van der Waals surface area contributed by atoms with Crippen LogP contribution >= 0.6 is 11.6 Å². The number of benzene rings is 2. The third-order valence-electron chi connectivity index (χ3n) is 4.38. The van der Waals surface area contributed by atoms with Gasteiger partial charge in [-0.15, -0.1) is 0 Å². The van der Waals surface area contributed by atoms with E-state index in [2.05, 4.69) is 10.6 Å². The molecule has 124 valence electrons. The summed E-state index contributed by atoms with van der Waals surface area (Å²) < 4.78 is 0. The predicted molar refractivity (Wildman–Crippen MR) is 96.3 cm³/mol. The van der Waals surface area contributed by atoms with Crippen LogP contribution in [0.15, 0.2) is 42.5 Å². The summed E-state index contributed by atoms with van der Waals surface area (Å²) in [5.74, 6) is -0.541. The van der Waals surface area contributed by atoms with E-state index in [4.69, 9.17) is 11.6 Å². The van der Waals surface area contributed by atoms with Gasteiger partial charge in [-0.05, 0) is 56.5 Å². The van der Waals surface area contributed by atoms with Gasteiger partial charge in [-0.25, -0.2) is 0 Å². The molecule has 0 saturated heterocycles. The second kappa shape index (κ2) is 6.29. The number of halogens is 1. The number of hydrogen-bond donors (Lipinski definition) is 2. The first-order valence-corrected chi connectivity index (χ1v) is 8.24. The number of anilines is 2. The fraction of sp³-hybridized carbons (Fsp3) is 0.263. The quantitative estimate of drug-likeness (QED) is 0.813. The minimum Gasteiger partial charge on any atom is -0.325 e. The summed E-state index contributed by atoms with van der Waals surface area (Å²) in [6, 6.07) is 12.8. The van der Waals surface area contributed by atoms with Gasteiger partial charge in [0.05, 0.1) is 0 Å². The van der Waals surface area contributed by atoms with Crippen molar-refractivity contribution < 1.29 is 9.59 Å². The van der Waals surface area contributed by atoms with Gasteiger partial charge in [0.25, 0.3) is 0 Å². The van der Waals surface area contributed by atoms with Gasteiger partial charge in [-0.3, -0.25) is 9.59 Å². The third kappa shape index (κ3) is 3.29. The van der Waals surface area contributed by atoms with E-state index in [1.165, 1.54) is 0 Å². The number of rotatable bonds is 4. The normalized spacial score (nSPS) is 14.8. The van der Waals surface area contributed by atoms with Crippen LogP contribution in [0.1, 0.15) is 24.0 Å². The van der Waals surface area contributed by atoms with Crippen LogP contribution in [-0.2, 0) is 9.59 Å². The molecule has 0 unspecified atom stereocenters. The molecule has 2 amide bonds. The maximum absolute atomic E-state index is 12.6. The van der Waals surface area contributed by atoms with Crippen LogP contribution in [0.2, 0.25) is 5.02 Å². The van der Waals surface area contributed by atoms with E-state index < -0.39 is 5.41 Å². The topological polar surface area (TPSA) is 58.2 Å². The molecule has 0 bridgehead atoms. The average molecular weight is 343 g/mol. The SMILES string of the molecule is Cc1ccc(NC(=O)C2(C(=O)Nc3cc(Cl)ccc3C)CC2)cc1. The van der Waals surface area contributed by atoms with Crippen LogP contribution in [0, 0.1) is 19.3 Å². The van der Waals surface area contributed by atoms with Gasteiger partial charge in [-0.2, -0.15) is 0 Å². The van der Waals surface area contributed by atoms with Crippen LogP contribution in [0.4, 0.5) is 11.4 Å². The summed E-state index contributed by atoms with van der Waals surface area (Å²) in [4.78, 5) is 25.2. The molecule has 1 saturated carbocycles. The molecule has 4 nitrogen and oxygen atoms in total. The van der Waals surface area contributed by atoms with Gasteiger partial charge in [0.15, 0.2) is 0 Å². The van der Waals surface area contributed by atoms with E-state index in [1.807, 2.05) is 44.2 Å². The molecule has 5 heteroatoms. The first-order valence-electron chi connectivity index (χ1n) is 7.86. The highest BCUT2D eigenvalue weighted by Gasteiger charge is 2.56. The highest BCUT2D eigenvalue weighted by Crippen LogP contribution is 2.47. The number of carbonyl (C=O) groups excluding carboxylic acids is 2. The summed E-state index contributed by atoms with van der Waals surface area (Å²) in [5, 5.41) is 6.23. The molecule has 0 atom stereocenters. The number of nitrogens with one attached hydrogen (secondary N) is 2. The smallest absolute Gasteiger partial charge is 0.240 e. The molecule has 2 N–H and O–H groups in total. The lowest BCUT2D eigenvalue weighted by atomic mass is 10.0. The van der Waals surface area contributed by atoms with Gasteiger partial charge < -0.3 is 10.6 Å². The standard InChI is InChI=1S/C19H19ClN2O2/c1-12-3-7-15(8-4-12)21-17(23)19(9-10-19)18(24)22-16-11-14(20)6-5-13(16)2/h3-8,11H,9-10H2,1-2H3,(H,21,23)(H,22,24). The van der Waals surface area contributed by atoms with Crippen LogP contribution in [0.5, 0.6) is 0 Å². The Balaban J connectivity index is 1.72. The Kier molecular flexibility index (Phi) is 4.33. The maximum atomic E-state index is 12.6. The van der Waals surface area contributed by atoms with Gasteiger partial charge in [0.1, 0.15) is 5.41 Å². The molecule has 0 aromatic heterocycles. The Morgan fingerprint density at radius 2 is 1.58 bits per heavy atom. The van der Waals surface area contributed by atoms with E-state index in [1.54, 1.807) is 12.1 Å². The van der Waals surface area contributed by atoms with E-state index in [0.717, 1.165) is 11.1 Å². The zero-order valence-electron chi connectivity index (χ0n) is 13.7. The van der Waals surface area contributed by atoms with Crippen LogP contribution in [0.25, 0.3) is 0 Å². The lowest BCUT2D eigenvalue weighted by Crippen LogP contribution is -2.35. The Morgan fingerprint density at radius 3 is 2.21 bits per heavy atom. The van der Waals surface area contributed by atoms with Crippen molar-refractivity contribution in [2.45, 2.75) is 26.7 Å². The molecule has 1 aliphatic carbocycles. The molecule has 0 aliphatic heterocycles. The number of carbonyl (C=O) groups is 2. The second-order valence-corrected chi connectivity index (χ2v) is 6.75. The summed E-state index contributed by atoms with van der Waals surface area (Å²) in [6.45, 7) is 3.87. The Bertz CT molecular complexity index is 796. The van der Waals surface area contributed by atoms with E-state index in [9.17, 15) is 9.59 Å². The van der Waals surface area contributed by atoms with Crippen LogP contribution in [0.3, 0.4) is 0 Å². The fourth-order valence-electron chi connectivity index (χ4n) is 2.54. The molecular formula is C19H19ClN2O2. The summed E-state index contributed by atoms with van der Waals surface area (Å²) in [6.07, 6.45) is 1.10. The van der Waals surface area contributed by atoms with Crippen molar-refractivity contribution in [1.29, 1.82) is 0 Å². The van der Waals surface area contributed by atoms with Gasteiger partial charge in [-0.1, -0.05) is 35.4 Å². The lowest BCUT2D eigenvalue weighted by molar-refractivity contribution is -0.131. The van der Waals surface area contributed by atoms with Crippen molar-refractivity contribution >= 4 is 34.8 Å². The molecule has 0 radical (unpaired) electrons. The van der Waals surface area contributed by atoms with Crippen molar-refractivity contribution in [3.8, 4) is 0 Å². The number of aryl methyl sites for hydroxylation is 2. The number of hydrogen-bond acceptors (Lipinski definition) is 2. The molecule has 1 aliphatic rings. The van der Waals surface area contributed by atoms with Crippen molar-refractivity contribution in [2.75, 3.05) is 10.6 Å². The monoisotopic (exact) mass is 342 g/mol. The molecule has 24 heavy (non-hydrogen) atoms. The first-order chi connectivity index (χ1) is 11.4. The highest BCUT2D eigenvalue weighted by atomic mass is 35.5. The Morgan fingerprint density at radius 1 is 0.958 bits per heavy atom. The summed E-state index contributed by atoms with van der Waals surface area (Å²) >= 11 is 5.98. The van der Waals surface area contributed by atoms with Crippen LogP contribution in [-0.4, -0.2) is 11.8 Å². The Labute approximate surface area is 146 Å². The first kappa shape index (κ1) is 16.5. The largest absolute Gasteiger partial charge is 0.325 e. The molecule has 2 aromatic carbocycles. The molecule has 1 fully saturated rings. The van der Waals surface area contributed by atoms with Crippen molar-refractivity contribution in [3.05, 3.63) is 58.6 Å². The maximum Gasteiger partial charge on any atom is 0.240 e. The molecule has 0 heterocycles. The van der Waals surface area contributed by atoms with Gasteiger partial charge in [0.2, 0.25) is 11.8 Å². The fourth-order valence-corrected chi connectivity index (χ4v) is 2.71. The van der Waals surface area contributed by atoms with Crippen molar-refractivity contribution in [3.63, 3.8) is 0 Å².